The number of nitrogens with two attached hydrogens (primary N) is 1. The van der Waals surface area contributed by atoms with Crippen LogP contribution in [0.15, 0.2) is 48.5 Å². The van der Waals surface area contributed by atoms with Crippen molar-refractivity contribution in [1.82, 2.24) is 4.57 Å². The van der Waals surface area contributed by atoms with Gasteiger partial charge in [0.05, 0.1) is 16.5 Å². The Morgan fingerprint density at radius 1 is 1.04 bits per heavy atom. The highest BCUT2D eigenvalue weighted by Gasteiger charge is 2.25. The van der Waals surface area contributed by atoms with Gasteiger partial charge in [-0.1, -0.05) is 36.4 Å². The number of fused-ring (bicyclic) bond motifs is 1. The molecule has 2 aromatic carbocycles. The molecule has 2 N–H and O–H groups in total. The molecule has 0 unspecified atom stereocenters. The number of ketones is 2. The minimum absolute atomic E-state index is 0.300. The van der Waals surface area contributed by atoms with Crippen molar-refractivity contribution in [2.45, 2.75) is 20.4 Å². The summed E-state index contributed by atoms with van der Waals surface area (Å²) in [5.74, 6) is -1.40. The lowest BCUT2D eigenvalue weighted by molar-refractivity contribution is -0.120. The number of rotatable bonds is 7. The summed E-state index contributed by atoms with van der Waals surface area (Å²) in [5, 5.41) is 0.521. The van der Waals surface area contributed by atoms with Crippen molar-refractivity contribution < 1.29 is 19.1 Å². The van der Waals surface area contributed by atoms with E-state index in [1.807, 2.05) is 41.0 Å². The molecule has 3 aromatic rings. The predicted molar refractivity (Wildman–Crippen MR) is 102 cm³/mol. The van der Waals surface area contributed by atoms with Crippen LogP contribution in [0.2, 0.25) is 0 Å². The molecule has 0 saturated heterocycles. The predicted octanol–water partition coefficient (Wildman–Crippen LogP) is 2.63. The maximum absolute atomic E-state index is 12.6. The Labute approximate surface area is 156 Å². The number of carbonyl (C=O) groups is 3. The van der Waals surface area contributed by atoms with Gasteiger partial charge in [-0.3, -0.25) is 14.4 Å². The molecule has 27 heavy (non-hydrogen) atoms. The number of ether oxygens (including phenoxy) is 1. The van der Waals surface area contributed by atoms with Crippen molar-refractivity contribution in [3.8, 4) is 5.75 Å². The third kappa shape index (κ3) is 3.60. The fraction of sp³-hybridized carbons (Fsp3) is 0.190. The Bertz CT molecular complexity index is 1040. The van der Waals surface area contributed by atoms with Crippen LogP contribution in [-0.2, 0) is 16.1 Å². The van der Waals surface area contributed by atoms with E-state index >= 15 is 0 Å². The van der Waals surface area contributed by atoms with E-state index in [1.165, 1.54) is 6.92 Å². The minimum Gasteiger partial charge on any atom is -0.483 e. The number of hydrogen-bond acceptors (Lipinski definition) is 4. The van der Waals surface area contributed by atoms with Gasteiger partial charge < -0.3 is 15.0 Å². The average Bonchev–Trinajstić information content (AvgIpc) is 2.92. The van der Waals surface area contributed by atoms with E-state index in [2.05, 4.69) is 0 Å². The SMILES string of the molecule is CC(=O)C(=O)c1c(C)n(Cc2ccccc2)c2cccc(OCC(N)=O)c12. The van der Waals surface area contributed by atoms with Crippen molar-refractivity contribution >= 4 is 28.4 Å². The number of aromatic nitrogens is 1. The number of carbonyl (C=O) groups excluding carboxylic acids is 3. The summed E-state index contributed by atoms with van der Waals surface area (Å²) in [4.78, 5) is 35.6. The minimum atomic E-state index is -0.619. The molecule has 0 radical (unpaired) electrons. The van der Waals surface area contributed by atoms with Crippen molar-refractivity contribution in [3.63, 3.8) is 0 Å². The summed E-state index contributed by atoms with van der Waals surface area (Å²) in [6.07, 6.45) is 0. The van der Waals surface area contributed by atoms with Crippen LogP contribution < -0.4 is 10.5 Å². The largest absolute Gasteiger partial charge is 0.483 e. The first-order valence-corrected chi connectivity index (χ1v) is 8.52. The van der Waals surface area contributed by atoms with E-state index in [-0.39, 0.29) is 6.61 Å². The van der Waals surface area contributed by atoms with Gasteiger partial charge >= 0.3 is 0 Å². The second kappa shape index (κ2) is 7.45. The molecule has 138 valence electrons. The molecule has 0 spiro atoms. The summed E-state index contributed by atoms with van der Waals surface area (Å²) in [6.45, 7) is 3.27. The summed E-state index contributed by atoms with van der Waals surface area (Å²) in [5.41, 5.74) is 7.96. The smallest absolute Gasteiger partial charge is 0.255 e. The zero-order valence-corrected chi connectivity index (χ0v) is 15.2. The van der Waals surface area contributed by atoms with Gasteiger partial charge in [0, 0.05) is 19.2 Å². The topological polar surface area (TPSA) is 91.4 Å². The van der Waals surface area contributed by atoms with Crippen LogP contribution in [0.4, 0.5) is 0 Å². The Morgan fingerprint density at radius 2 is 1.74 bits per heavy atom. The molecule has 3 rings (SSSR count). The molecule has 1 heterocycles. The summed E-state index contributed by atoms with van der Waals surface area (Å²) in [6, 6.07) is 15.1. The Kier molecular flexibility index (Phi) is 5.07. The number of hydrogen-bond donors (Lipinski definition) is 1. The standard InChI is InChI=1S/C21H20N2O4/c1-13-19(21(26)14(2)24)20-16(9-6-10-17(20)27-12-18(22)25)23(13)11-15-7-4-3-5-8-15/h3-10H,11-12H2,1-2H3,(H2,22,25). The van der Waals surface area contributed by atoms with Crippen molar-refractivity contribution in [1.29, 1.82) is 0 Å². The molecule has 0 saturated carbocycles. The number of benzene rings is 2. The van der Waals surface area contributed by atoms with Crippen LogP contribution in [0, 0.1) is 6.92 Å². The third-order valence-electron chi connectivity index (χ3n) is 4.41. The van der Waals surface area contributed by atoms with Crippen LogP contribution in [0.5, 0.6) is 5.75 Å². The summed E-state index contributed by atoms with van der Waals surface area (Å²) >= 11 is 0. The van der Waals surface area contributed by atoms with Crippen molar-refractivity contribution in [3.05, 3.63) is 65.4 Å². The molecule has 6 heteroatoms. The Morgan fingerprint density at radius 3 is 2.37 bits per heavy atom. The van der Waals surface area contributed by atoms with Gasteiger partial charge in [-0.05, 0) is 24.6 Å². The zero-order valence-electron chi connectivity index (χ0n) is 15.2. The van der Waals surface area contributed by atoms with Gasteiger partial charge in [0.15, 0.2) is 12.4 Å². The normalized spacial score (nSPS) is 10.7. The number of amides is 1. The van der Waals surface area contributed by atoms with Crippen LogP contribution in [0.1, 0.15) is 28.5 Å². The highest BCUT2D eigenvalue weighted by atomic mass is 16.5. The second-order valence-electron chi connectivity index (χ2n) is 6.32. The first kappa shape index (κ1) is 18.4. The number of nitrogens with zero attached hydrogens (tertiary/aromatic N) is 1. The van der Waals surface area contributed by atoms with E-state index in [1.54, 1.807) is 19.1 Å². The molecule has 1 amide bonds. The summed E-state index contributed by atoms with van der Waals surface area (Å²) < 4.78 is 7.49. The van der Waals surface area contributed by atoms with Crippen LogP contribution in [0.3, 0.4) is 0 Å². The fourth-order valence-electron chi connectivity index (χ4n) is 3.19. The number of Topliss-reactive ketones (excluding diaryl/α,β-unsaturated/α-hetero) is 2. The molecule has 0 atom stereocenters. The van der Waals surface area contributed by atoms with Gasteiger partial charge in [0.2, 0.25) is 5.78 Å². The van der Waals surface area contributed by atoms with E-state index in [0.29, 0.717) is 28.9 Å². The van der Waals surface area contributed by atoms with E-state index in [9.17, 15) is 14.4 Å². The van der Waals surface area contributed by atoms with Gasteiger partial charge in [-0.2, -0.15) is 0 Å². The van der Waals surface area contributed by atoms with E-state index in [4.69, 9.17) is 10.5 Å². The van der Waals surface area contributed by atoms with Gasteiger partial charge in [0.25, 0.3) is 5.91 Å². The maximum atomic E-state index is 12.6. The van der Waals surface area contributed by atoms with Gasteiger partial charge in [-0.25, -0.2) is 0 Å². The monoisotopic (exact) mass is 364 g/mol. The van der Waals surface area contributed by atoms with E-state index in [0.717, 1.165) is 11.1 Å². The highest BCUT2D eigenvalue weighted by molar-refractivity contribution is 6.45. The summed E-state index contributed by atoms with van der Waals surface area (Å²) in [7, 11) is 0. The van der Waals surface area contributed by atoms with Crippen molar-refractivity contribution in [2.75, 3.05) is 6.61 Å². The molecule has 0 bridgehead atoms. The van der Waals surface area contributed by atoms with Crippen LogP contribution >= 0.6 is 0 Å². The number of primary amides is 1. The molecule has 0 aliphatic heterocycles. The van der Waals surface area contributed by atoms with Crippen LogP contribution in [0.25, 0.3) is 10.9 Å². The zero-order chi connectivity index (χ0) is 19.6. The molecule has 1 aromatic heterocycles. The lowest BCUT2D eigenvalue weighted by Crippen LogP contribution is -2.20. The molecule has 0 aliphatic rings. The third-order valence-corrected chi connectivity index (χ3v) is 4.41. The highest BCUT2D eigenvalue weighted by Crippen LogP contribution is 2.34. The first-order valence-electron chi connectivity index (χ1n) is 8.52. The molecule has 0 fully saturated rings. The maximum Gasteiger partial charge on any atom is 0.255 e. The van der Waals surface area contributed by atoms with Gasteiger partial charge in [-0.15, -0.1) is 0 Å². The lowest BCUT2D eigenvalue weighted by Gasteiger charge is -2.09. The van der Waals surface area contributed by atoms with Gasteiger partial charge in [0.1, 0.15) is 5.75 Å². The molecular formula is C21H20N2O4. The Hall–Kier alpha value is -3.41. The van der Waals surface area contributed by atoms with Crippen LogP contribution in [-0.4, -0.2) is 28.6 Å². The molecule has 6 nitrogen and oxygen atoms in total. The Balaban J connectivity index is 2.23. The first-order chi connectivity index (χ1) is 12.9. The molecular weight excluding hydrogens is 344 g/mol. The van der Waals surface area contributed by atoms with E-state index < -0.39 is 17.5 Å². The fourth-order valence-corrected chi connectivity index (χ4v) is 3.19. The average molecular weight is 364 g/mol. The quantitative estimate of drug-likeness (QED) is 0.515. The second-order valence-corrected chi connectivity index (χ2v) is 6.32. The van der Waals surface area contributed by atoms with Crippen molar-refractivity contribution in [2.24, 2.45) is 5.73 Å². The molecule has 0 aliphatic carbocycles. The lowest BCUT2D eigenvalue weighted by atomic mass is 10.0.